The number of hydrogen-bond acceptors (Lipinski definition) is 5. The number of rotatable bonds is 8. The highest BCUT2D eigenvalue weighted by atomic mass is 16.5. The van der Waals surface area contributed by atoms with Crippen LogP contribution in [0.2, 0.25) is 0 Å². The minimum Gasteiger partial charge on any atom is -0.389 e. The molecular weight excluding hydrogens is 220 g/mol. The lowest BCUT2D eigenvalue weighted by atomic mass is 9.98. The van der Waals surface area contributed by atoms with E-state index >= 15 is 0 Å². The Morgan fingerprint density at radius 1 is 1.47 bits per heavy atom. The number of ether oxygens (including phenoxy) is 2. The Hall–Kier alpha value is -0.200. The SMILES string of the molecule is COCCOCC(O)CN1CCCC(CN)C1. The van der Waals surface area contributed by atoms with Gasteiger partial charge in [-0.15, -0.1) is 0 Å². The topological polar surface area (TPSA) is 68.0 Å². The molecule has 1 aliphatic heterocycles. The number of nitrogens with two attached hydrogens (primary N) is 1. The zero-order valence-corrected chi connectivity index (χ0v) is 10.8. The molecule has 102 valence electrons. The Kier molecular flexibility index (Phi) is 7.72. The highest BCUT2D eigenvalue weighted by Gasteiger charge is 2.20. The molecule has 0 bridgehead atoms. The first-order valence-electron chi connectivity index (χ1n) is 6.43. The summed E-state index contributed by atoms with van der Waals surface area (Å²) in [5, 5.41) is 9.82. The van der Waals surface area contributed by atoms with Gasteiger partial charge in [0.2, 0.25) is 0 Å². The second-order valence-electron chi connectivity index (χ2n) is 4.73. The third-order valence-corrected chi connectivity index (χ3v) is 3.15. The Labute approximate surface area is 104 Å². The molecule has 5 nitrogen and oxygen atoms in total. The van der Waals surface area contributed by atoms with Gasteiger partial charge >= 0.3 is 0 Å². The molecule has 2 unspecified atom stereocenters. The molecule has 17 heavy (non-hydrogen) atoms. The zero-order valence-electron chi connectivity index (χ0n) is 10.8. The van der Waals surface area contributed by atoms with Crippen LogP contribution in [0.15, 0.2) is 0 Å². The maximum Gasteiger partial charge on any atom is 0.0900 e. The normalized spacial score (nSPS) is 23.8. The van der Waals surface area contributed by atoms with Crippen LogP contribution in [0.25, 0.3) is 0 Å². The predicted octanol–water partition coefficient (Wildman–Crippen LogP) is -0.319. The van der Waals surface area contributed by atoms with Crippen LogP contribution in [0.5, 0.6) is 0 Å². The van der Waals surface area contributed by atoms with Crippen LogP contribution >= 0.6 is 0 Å². The molecule has 5 heteroatoms. The maximum atomic E-state index is 9.82. The van der Waals surface area contributed by atoms with Gasteiger partial charge in [-0.25, -0.2) is 0 Å². The Morgan fingerprint density at radius 3 is 3.00 bits per heavy atom. The van der Waals surface area contributed by atoms with Crippen LogP contribution in [-0.2, 0) is 9.47 Å². The minimum absolute atomic E-state index is 0.382. The van der Waals surface area contributed by atoms with Gasteiger partial charge in [0.1, 0.15) is 0 Å². The lowest BCUT2D eigenvalue weighted by Crippen LogP contribution is -2.43. The number of hydrogen-bond donors (Lipinski definition) is 2. The highest BCUT2D eigenvalue weighted by Crippen LogP contribution is 2.15. The van der Waals surface area contributed by atoms with E-state index in [1.54, 1.807) is 7.11 Å². The largest absolute Gasteiger partial charge is 0.389 e. The molecule has 0 aromatic heterocycles. The molecule has 0 spiro atoms. The number of likely N-dealkylation sites (tertiary alicyclic amines) is 1. The van der Waals surface area contributed by atoms with Crippen molar-refractivity contribution in [2.75, 3.05) is 53.1 Å². The first-order valence-corrected chi connectivity index (χ1v) is 6.43. The third-order valence-electron chi connectivity index (χ3n) is 3.15. The molecule has 1 aliphatic rings. The van der Waals surface area contributed by atoms with Gasteiger partial charge in [-0.1, -0.05) is 0 Å². The van der Waals surface area contributed by atoms with E-state index in [2.05, 4.69) is 4.90 Å². The van der Waals surface area contributed by atoms with E-state index in [4.69, 9.17) is 15.2 Å². The molecule has 1 heterocycles. The van der Waals surface area contributed by atoms with Crippen molar-refractivity contribution in [3.05, 3.63) is 0 Å². The first-order chi connectivity index (χ1) is 8.26. The molecule has 0 aliphatic carbocycles. The van der Waals surface area contributed by atoms with Gasteiger partial charge < -0.3 is 25.2 Å². The molecule has 0 aromatic rings. The van der Waals surface area contributed by atoms with Gasteiger partial charge in [0.05, 0.1) is 25.9 Å². The van der Waals surface area contributed by atoms with E-state index in [0.717, 1.165) is 19.6 Å². The number of piperidine rings is 1. The van der Waals surface area contributed by atoms with Gasteiger partial charge in [-0.3, -0.25) is 0 Å². The third kappa shape index (κ3) is 6.33. The van der Waals surface area contributed by atoms with E-state index < -0.39 is 6.10 Å². The van der Waals surface area contributed by atoms with Crippen molar-refractivity contribution in [3.63, 3.8) is 0 Å². The van der Waals surface area contributed by atoms with E-state index in [9.17, 15) is 5.11 Å². The standard InChI is InChI=1S/C12H26N2O3/c1-16-5-6-17-10-12(15)9-14-4-2-3-11(7-13)8-14/h11-12,15H,2-10,13H2,1H3. The molecule has 1 fully saturated rings. The Balaban J connectivity index is 2.10. The van der Waals surface area contributed by atoms with Gasteiger partial charge in [-0.05, 0) is 31.8 Å². The summed E-state index contributed by atoms with van der Waals surface area (Å²) < 4.78 is 10.2. The average Bonchev–Trinajstić information content (AvgIpc) is 2.35. The van der Waals surface area contributed by atoms with Crippen molar-refractivity contribution < 1.29 is 14.6 Å². The monoisotopic (exact) mass is 246 g/mol. The summed E-state index contributed by atoms with van der Waals surface area (Å²) in [5.74, 6) is 0.588. The zero-order chi connectivity index (χ0) is 12.5. The van der Waals surface area contributed by atoms with Gasteiger partial charge in [-0.2, -0.15) is 0 Å². The number of methoxy groups -OCH3 is 1. The summed E-state index contributed by atoms with van der Waals surface area (Å²) >= 11 is 0. The summed E-state index contributed by atoms with van der Waals surface area (Å²) in [6.07, 6.45) is 1.98. The van der Waals surface area contributed by atoms with Crippen LogP contribution in [0.3, 0.4) is 0 Å². The summed E-state index contributed by atoms with van der Waals surface area (Å²) in [7, 11) is 1.64. The quantitative estimate of drug-likeness (QED) is 0.575. The Morgan fingerprint density at radius 2 is 2.29 bits per heavy atom. The summed E-state index contributed by atoms with van der Waals surface area (Å²) in [4.78, 5) is 2.28. The van der Waals surface area contributed by atoms with E-state index in [0.29, 0.717) is 32.3 Å². The lowest BCUT2D eigenvalue weighted by Gasteiger charge is -2.33. The fourth-order valence-electron chi connectivity index (χ4n) is 2.22. The molecule has 1 saturated heterocycles. The smallest absolute Gasteiger partial charge is 0.0900 e. The van der Waals surface area contributed by atoms with Crippen molar-refractivity contribution in [1.82, 2.24) is 4.90 Å². The van der Waals surface area contributed by atoms with E-state index in [1.165, 1.54) is 12.8 Å². The van der Waals surface area contributed by atoms with Crippen LogP contribution in [0.4, 0.5) is 0 Å². The molecule has 2 atom stereocenters. The van der Waals surface area contributed by atoms with Crippen molar-refractivity contribution in [2.24, 2.45) is 11.7 Å². The summed E-state index contributed by atoms with van der Waals surface area (Å²) in [6.45, 7) is 5.00. The minimum atomic E-state index is -0.414. The van der Waals surface area contributed by atoms with Crippen LogP contribution in [0.1, 0.15) is 12.8 Å². The van der Waals surface area contributed by atoms with Gasteiger partial charge in [0.15, 0.2) is 0 Å². The van der Waals surface area contributed by atoms with Gasteiger partial charge in [0.25, 0.3) is 0 Å². The van der Waals surface area contributed by atoms with Crippen molar-refractivity contribution >= 4 is 0 Å². The van der Waals surface area contributed by atoms with E-state index in [-0.39, 0.29) is 0 Å². The molecular formula is C12H26N2O3. The van der Waals surface area contributed by atoms with Crippen molar-refractivity contribution in [3.8, 4) is 0 Å². The molecule has 0 aromatic carbocycles. The molecule has 3 N–H and O–H groups in total. The molecule has 0 amide bonds. The summed E-state index contributed by atoms with van der Waals surface area (Å²) in [6, 6.07) is 0. The van der Waals surface area contributed by atoms with Crippen molar-refractivity contribution in [1.29, 1.82) is 0 Å². The highest BCUT2D eigenvalue weighted by molar-refractivity contribution is 4.75. The van der Waals surface area contributed by atoms with Crippen LogP contribution in [0, 0.1) is 5.92 Å². The summed E-state index contributed by atoms with van der Waals surface area (Å²) in [5.41, 5.74) is 5.68. The van der Waals surface area contributed by atoms with Crippen LogP contribution < -0.4 is 5.73 Å². The van der Waals surface area contributed by atoms with E-state index in [1.807, 2.05) is 0 Å². The maximum absolute atomic E-state index is 9.82. The molecule has 0 radical (unpaired) electrons. The fourth-order valence-corrected chi connectivity index (χ4v) is 2.22. The molecule has 0 saturated carbocycles. The molecule has 1 rings (SSSR count). The first kappa shape index (κ1) is 14.9. The van der Waals surface area contributed by atoms with Crippen LogP contribution in [-0.4, -0.2) is 69.2 Å². The number of aliphatic hydroxyl groups is 1. The number of nitrogens with zero attached hydrogens (tertiary/aromatic N) is 1. The average molecular weight is 246 g/mol. The van der Waals surface area contributed by atoms with Crippen molar-refractivity contribution in [2.45, 2.75) is 18.9 Å². The lowest BCUT2D eigenvalue weighted by molar-refractivity contribution is -0.00546. The number of β-amino-alcohol motifs (C(OH)–C–C–N with tert-alkyl or cyclic N) is 1. The predicted molar refractivity (Wildman–Crippen MR) is 66.9 cm³/mol. The Bertz CT molecular complexity index is 193. The number of aliphatic hydroxyl groups excluding tert-OH is 1. The van der Waals surface area contributed by atoms with Gasteiger partial charge in [0, 0.05) is 20.2 Å². The fraction of sp³-hybridized carbons (Fsp3) is 1.00. The second-order valence-corrected chi connectivity index (χ2v) is 4.73. The second kappa shape index (κ2) is 8.83.